The van der Waals surface area contributed by atoms with Gasteiger partial charge in [-0.2, -0.15) is 0 Å². The standard InChI is InChI=1S/C14H21N3O4/c1-10-8-16(13(19)20-14(2,3)4)5-6-17(10)12-7-11(9-18)21-15-12/h7,9-10H,5-6,8H2,1-4H3/t10-/m1/s1. The lowest BCUT2D eigenvalue weighted by atomic mass is 10.2. The largest absolute Gasteiger partial charge is 0.444 e. The molecule has 0 spiro atoms. The summed E-state index contributed by atoms with van der Waals surface area (Å²) in [6.07, 6.45) is 0.320. The first kappa shape index (κ1) is 15.3. The summed E-state index contributed by atoms with van der Waals surface area (Å²) in [7, 11) is 0. The molecule has 0 saturated carbocycles. The molecule has 1 saturated heterocycles. The molecule has 1 aliphatic rings. The van der Waals surface area contributed by atoms with Gasteiger partial charge in [0, 0.05) is 31.7 Å². The monoisotopic (exact) mass is 295 g/mol. The van der Waals surface area contributed by atoms with Crippen molar-refractivity contribution >= 4 is 18.2 Å². The second kappa shape index (κ2) is 5.75. The van der Waals surface area contributed by atoms with Gasteiger partial charge in [0.1, 0.15) is 5.60 Å². The molecule has 2 heterocycles. The van der Waals surface area contributed by atoms with E-state index >= 15 is 0 Å². The highest BCUT2D eigenvalue weighted by atomic mass is 16.6. The van der Waals surface area contributed by atoms with E-state index in [1.807, 2.05) is 32.6 Å². The number of rotatable bonds is 2. The van der Waals surface area contributed by atoms with Gasteiger partial charge >= 0.3 is 6.09 Å². The zero-order valence-corrected chi connectivity index (χ0v) is 12.8. The van der Waals surface area contributed by atoms with E-state index in [1.54, 1.807) is 11.0 Å². The molecule has 1 atom stereocenters. The first-order valence-electron chi connectivity index (χ1n) is 6.96. The summed E-state index contributed by atoms with van der Waals surface area (Å²) < 4.78 is 10.3. The normalized spacial score (nSPS) is 19.5. The quantitative estimate of drug-likeness (QED) is 0.776. The molecule has 0 unspecified atom stereocenters. The van der Waals surface area contributed by atoms with Crippen molar-refractivity contribution < 1.29 is 18.8 Å². The van der Waals surface area contributed by atoms with Crippen LogP contribution in [0.1, 0.15) is 38.2 Å². The number of carbonyl (C=O) groups excluding carboxylic acids is 2. The van der Waals surface area contributed by atoms with Crippen LogP contribution in [0, 0.1) is 0 Å². The van der Waals surface area contributed by atoms with Crippen molar-refractivity contribution in [2.24, 2.45) is 0 Å². The number of carbonyl (C=O) groups is 2. The summed E-state index contributed by atoms with van der Waals surface area (Å²) >= 11 is 0. The lowest BCUT2D eigenvalue weighted by Gasteiger charge is -2.40. The molecule has 1 fully saturated rings. The summed E-state index contributed by atoms with van der Waals surface area (Å²) in [5.74, 6) is 0.820. The number of piperazine rings is 1. The van der Waals surface area contributed by atoms with E-state index in [-0.39, 0.29) is 17.9 Å². The minimum Gasteiger partial charge on any atom is -0.444 e. The number of aldehydes is 1. The van der Waals surface area contributed by atoms with Gasteiger partial charge in [-0.25, -0.2) is 4.79 Å². The van der Waals surface area contributed by atoms with Crippen LogP contribution >= 0.6 is 0 Å². The smallest absolute Gasteiger partial charge is 0.410 e. The topological polar surface area (TPSA) is 75.9 Å². The molecule has 116 valence electrons. The predicted molar refractivity (Wildman–Crippen MR) is 76.5 cm³/mol. The van der Waals surface area contributed by atoms with Crippen LogP contribution in [0.15, 0.2) is 10.6 Å². The molecule has 0 N–H and O–H groups in total. The number of nitrogens with zero attached hydrogens (tertiary/aromatic N) is 3. The molecule has 7 heteroatoms. The molecule has 0 aromatic carbocycles. The number of amides is 1. The molecule has 1 amide bonds. The number of hydrogen-bond acceptors (Lipinski definition) is 6. The fraction of sp³-hybridized carbons (Fsp3) is 0.643. The minimum atomic E-state index is -0.498. The van der Waals surface area contributed by atoms with E-state index < -0.39 is 5.60 Å². The van der Waals surface area contributed by atoms with E-state index in [2.05, 4.69) is 5.16 Å². The summed E-state index contributed by atoms with van der Waals surface area (Å²) in [6, 6.07) is 1.67. The number of aromatic nitrogens is 1. The SMILES string of the molecule is C[C@@H]1CN(C(=O)OC(C)(C)C)CCN1c1cc(C=O)on1. The van der Waals surface area contributed by atoms with E-state index in [4.69, 9.17) is 9.26 Å². The van der Waals surface area contributed by atoms with Crippen molar-refractivity contribution in [3.05, 3.63) is 11.8 Å². The van der Waals surface area contributed by atoms with Crippen LogP contribution in [0.5, 0.6) is 0 Å². The predicted octanol–water partition coefficient (Wildman–Crippen LogP) is 1.93. The Balaban J connectivity index is 1.98. The highest BCUT2D eigenvalue weighted by Crippen LogP contribution is 2.21. The number of anilines is 1. The Morgan fingerprint density at radius 3 is 2.71 bits per heavy atom. The molecule has 1 aromatic rings. The second-order valence-electron chi connectivity index (χ2n) is 6.17. The molecule has 0 bridgehead atoms. The lowest BCUT2D eigenvalue weighted by Crippen LogP contribution is -2.54. The van der Waals surface area contributed by atoms with Crippen molar-refractivity contribution in [2.75, 3.05) is 24.5 Å². The molecule has 21 heavy (non-hydrogen) atoms. The maximum absolute atomic E-state index is 12.1. The van der Waals surface area contributed by atoms with E-state index in [0.29, 0.717) is 31.7 Å². The molecule has 1 aromatic heterocycles. The zero-order chi connectivity index (χ0) is 15.6. The van der Waals surface area contributed by atoms with Crippen LogP contribution in [0.4, 0.5) is 10.6 Å². The fourth-order valence-electron chi connectivity index (χ4n) is 2.26. The highest BCUT2D eigenvalue weighted by Gasteiger charge is 2.31. The first-order chi connectivity index (χ1) is 9.80. The molecule has 7 nitrogen and oxygen atoms in total. The minimum absolute atomic E-state index is 0.0656. The Morgan fingerprint density at radius 2 is 2.19 bits per heavy atom. The molecule has 2 rings (SSSR count). The Bertz CT molecular complexity index is 521. The average Bonchev–Trinajstić information content (AvgIpc) is 2.85. The van der Waals surface area contributed by atoms with Gasteiger partial charge < -0.3 is 19.1 Å². The van der Waals surface area contributed by atoms with Gasteiger partial charge in [-0.1, -0.05) is 5.16 Å². The maximum Gasteiger partial charge on any atom is 0.410 e. The molecule has 0 aliphatic carbocycles. The van der Waals surface area contributed by atoms with Crippen molar-refractivity contribution in [1.82, 2.24) is 10.1 Å². The van der Waals surface area contributed by atoms with Gasteiger partial charge in [-0.15, -0.1) is 0 Å². The van der Waals surface area contributed by atoms with Gasteiger partial charge in [-0.05, 0) is 27.7 Å². The van der Waals surface area contributed by atoms with Crippen molar-refractivity contribution in [3.8, 4) is 0 Å². The Labute approximate surface area is 123 Å². The number of ether oxygens (including phenoxy) is 1. The third-order valence-electron chi connectivity index (χ3n) is 3.21. The third-order valence-corrected chi connectivity index (χ3v) is 3.21. The lowest BCUT2D eigenvalue weighted by molar-refractivity contribution is 0.0218. The molecule has 1 aliphatic heterocycles. The van der Waals surface area contributed by atoms with Crippen molar-refractivity contribution in [1.29, 1.82) is 0 Å². The Morgan fingerprint density at radius 1 is 1.48 bits per heavy atom. The Hall–Kier alpha value is -2.05. The Kier molecular flexibility index (Phi) is 4.20. The van der Waals surface area contributed by atoms with Crippen molar-refractivity contribution in [2.45, 2.75) is 39.3 Å². The molecular formula is C14H21N3O4. The average molecular weight is 295 g/mol. The third kappa shape index (κ3) is 3.74. The summed E-state index contributed by atoms with van der Waals surface area (Å²) in [6.45, 7) is 9.24. The highest BCUT2D eigenvalue weighted by molar-refractivity contribution is 5.72. The van der Waals surface area contributed by atoms with Gasteiger partial charge in [0.15, 0.2) is 12.1 Å². The summed E-state index contributed by atoms with van der Waals surface area (Å²) in [4.78, 5) is 26.4. The first-order valence-corrected chi connectivity index (χ1v) is 6.96. The number of hydrogen-bond donors (Lipinski definition) is 0. The van der Waals surface area contributed by atoms with Crippen LogP contribution in [0.3, 0.4) is 0 Å². The molecular weight excluding hydrogens is 274 g/mol. The summed E-state index contributed by atoms with van der Waals surface area (Å²) in [5, 5.41) is 3.88. The zero-order valence-electron chi connectivity index (χ0n) is 12.8. The maximum atomic E-state index is 12.1. The van der Waals surface area contributed by atoms with Gasteiger partial charge in [0.05, 0.1) is 0 Å². The van der Waals surface area contributed by atoms with Crippen LogP contribution in [0.2, 0.25) is 0 Å². The van der Waals surface area contributed by atoms with Crippen LogP contribution in [-0.4, -0.2) is 53.7 Å². The second-order valence-corrected chi connectivity index (χ2v) is 6.17. The van der Waals surface area contributed by atoms with E-state index in [1.165, 1.54) is 0 Å². The molecule has 0 radical (unpaired) electrons. The van der Waals surface area contributed by atoms with Gasteiger partial charge in [-0.3, -0.25) is 4.79 Å². The summed E-state index contributed by atoms with van der Waals surface area (Å²) in [5.41, 5.74) is -0.498. The van der Waals surface area contributed by atoms with Crippen LogP contribution in [-0.2, 0) is 4.74 Å². The van der Waals surface area contributed by atoms with Gasteiger partial charge in [0.2, 0.25) is 5.76 Å². The van der Waals surface area contributed by atoms with E-state index in [0.717, 1.165) is 0 Å². The van der Waals surface area contributed by atoms with Crippen LogP contribution in [0.25, 0.3) is 0 Å². The van der Waals surface area contributed by atoms with E-state index in [9.17, 15) is 9.59 Å². The van der Waals surface area contributed by atoms with Gasteiger partial charge in [0.25, 0.3) is 0 Å². The van der Waals surface area contributed by atoms with Crippen LogP contribution < -0.4 is 4.90 Å². The van der Waals surface area contributed by atoms with Crippen molar-refractivity contribution in [3.63, 3.8) is 0 Å². The fourth-order valence-corrected chi connectivity index (χ4v) is 2.26.